The molecule has 2 aromatic rings. The highest BCUT2D eigenvalue weighted by molar-refractivity contribution is 6.34. The van der Waals surface area contributed by atoms with Crippen LogP contribution in [0.5, 0.6) is 0 Å². The summed E-state index contributed by atoms with van der Waals surface area (Å²) in [5.74, 6) is -0.336. The van der Waals surface area contributed by atoms with Crippen molar-refractivity contribution in [2.75, 3.05) is 19.6 Å². The second kappa shape index (κ2) is 9.31. The Morgan fingerprint density at radius 2 is 1.85 bits per heavy atom. The summed E-state index contributed by atoms with van der Waals surface area (Å²) >= 11 is 6.05. The minimum absolute atomic E-state index is 0.0724. The van der Waals surface area contributed by atoms with Crippen LogP contribution in [0.3, 0.4) is 0 Å². The molecule has 26 heavy (non-hydrogen) atoms. The monoisotopic (exact) mass is 376 g/mol. The number of nitrogens with one attached hydrogen (secondary N) is 2. The van der Waals surface area contributed by atoms with Crippen LogP contribution in [-0.4, -0.2) is 30.5 Å². The van der Waals surface area contributed by atoms with Crippen molar-refractivity contribution in [2.24, 2.45) is 0 Å². The molecule has 0 aromatic heterocycles. The lowest BCUT2D eigenvalue weighted by Gasteiger charge is -2.27. The third kappa shape index (κ3) is 4.80. The molecular weight excluding hydrogens is 354 g/mol. The number of nitro benzene ring substituents is 1. The molecule has 2 N–H and O–H groups in total. The molecule has 0 heterocycles. The van der Waals surface area contributed by atoms with Gasteiger partial charge >= 0.3 is 0 Å². The number of rotatable bonds is 8. The van der Waals surface area contributed by atoms with E-state index in [2.05, 4.69) is 31.3 Å². The fourth-order valence-electron chi connectivity index (χ4n) is 3.02. The van der Waals surface area contributed by atoms with Crippen molar-refractivity contribution < 1.29 is 14.6 Å². The summed E-state index contributed by atoms with van der Waals surface area (Å²) in [6, 6.07) is 14.0. The number of nitro groups is 1. The Balaban J connectivity index is 2.15. The zero-order chi connectivity index (χ0) is 19.1. The van der Waals surface area contributed by atoms with Crippen LogP contribution in [0.25, 0.3) is 0 Å². The molecule has 1 atom stereocenters. The quantitative estimate of drug-likeness (QED) is 0.549. The Labute approximate surface area is 157 Å². The van der Waals surface area contributed by atoms with E-state index in [0.29, 0.717) is 6.54 Å². The van der Waals surface area contributed by atoms with Crippen molar-refractivity contribution >= 4 is 23.2 Å². The van der Waals surface area contributed by atoms with Crippen LogP contribution in [-0.2, 0) is 0 Å². The van der Waals surface area contributed by atoms with Gasteiger partial charge in [-0.2, -0.15) is 0 Å². The van der Waals surface area contributed by atoms with Crippen LogP contribution in [0.2, 0.25) is 5.02 Å². The number of quaternary nitrogens is 1. The summed E-state index contributed by atoms with van der Waals surface area (Å²) < 4.78 is 0. The molecule has 0 saturated heterocycles. The first-order chi connectivity index (χ1) is 12.5. The Bertz CT molecular complexity index is 764. The lowest BCUT2D eigenvalue weighted by Crippen LogP contribution is -3.12. The van der Waals surface area contributed by atoms with E-state index < -0.39 is 4.92 Å². The molecule has 0 bridgehead atoms. The largest absolute Gasteiger partial charge is 0.346 e. The molecule has 0 fully saturated rings. The number of likely N-dealkylation sites (N-methyl/N-ethyl adjacent to an activating group) is 1. The normalized spacial score (nSPS) is 12.0. The zero-order valence-corrected chi connectivity index (χ0v) is 15.6. The molecule has 0 spiro atoms. The average Bonchev–Trinajstić information content (AvgIpc) is 2.65. The maximum absolute atomic E-state index is 12.5. The maximum atomic E-state index is 12.5. The van der Waals surface area contributed by atoms with Gasteiger partial charge in [0.15, 0.2) is 0 Å². The molecule has 0 unspecified atom stereocenters. The highest BCUT2D eigenvalue weighted by Crippen LogP contribution is 2.22. The Morgan fingerprint density at radius 1 is 1.19 bits per heavy atom. The van der Waals surface area contributed by atoms with E-state index in [4.69, 9.17) is 11.6 Å². The first kappa shape index (κ1) is 19.9. The Morgan fingerprint density at radius 3 is 2.38 bits per heavy atom. The second-order valence-corrected chi connectivity index (χ2v) is 6.37. The fourth-order valence-corrected chi connectivity index (χ4v) is 3.28. The molecule has 0 radical (unpaired) electrons. The summed E-state index contributed by atoms with van der Waals surface area (Å²) in [6.07, 6.45) is 0. The van der Waals surface area contributed by atoms with Gasteiger partial charge in [0.05, 0.1) is 35.1 Å². The summed E-state index contributed by atoms with van der Waals surface area (Å²) in [7, 11) is 0. The minimum atomic E-state index is -0.539. The summed E-state index contributed by atoms with van der Waals surface area (Å²) in [5, 5.41) is 13.8. The van der Waals surface area contributed by atoms with Gasteiger partial charge in [0, 0.05) is 17.7 Å². The van der Waals surface area contributed by atoms with E-state index >= 15 is 0 Å². The van der Waals surface area contributed by atoms with Crippen LogP contribution in [0.4, 0.5) is 5.69 Å². The molecule has 1 amide bonds. The predicted molar refractivity (Wildman–Crippen MR) is 102 cm³/mol. The molecule has 0 aliphatic carbocycles. The van der Waals surface area contributed by atoms with Gasteiger partial charge in [-0.25, -0.2) is 0 Å². The number of hydrogen-bond donors (Lipinski definition) is 2. The van der Waals surface area contributed by atoms with Crippen molar-refractivity contribution in [1.29, 1.82) is 0 Å². The third-order valence-electron chi connectivity index (χ3n) is 4.48. The van der Waals surface area contributed by atoms with E-state index in [1.807, 2.05) is 18.2 Å². The number of non-ortho nitro benzene ring substituents is 1. The summed E-state index contributed by atoms with van der Waals surface area (Å²) in [5.41, 5.74) is 1.25. The van der Waals surface area contributed by atoms with Gasteiger partial charge in [-0.05, 0) is 19.9 Å². The van der Waals surface area contributed by atoms with Crippen molar-refractivity contribution in [2.45, 2.75) is 19.9 Å². The van der Waals surface area contributed by atoms with Crippen LogP contribution in [0, 0.1) is 10.1 Å². The number of amides is 1. The van der Waals surface area contributed by atoms with Gasteiger partial charge < -0.3 is 10.2 Å². The highest BCUT2D eigenvalue weighted by atomic mass is 35.5. The van der Waals surface area contributed by atoms with Crippen LogP contribution < -0.4 is 10.2 Å². The van der Waals surface area contributed by atoms with E-state index in [1.165, 1.54) is 23.1 Å². The Kier molecular flexibility index (Phi) is 7.12. The predicted octanol–water partition coefficient (Wildman–Crippen LogP) is 2.64. The summed E-state index contributed by atoms with van der Waals surface area (Å²) in [4.78, 5) is 24.1. The first-order valence-corrected chi connectivity index (χ1v) is 8.97. The lowest BCUT2D eigenvalue weighted by molar-refractivity contribution is -0.927. The van der Waals surface area contributed by atoms with E-state index in [9.17, 15) is 14.9 Å². The molecule has 0 saturated carbocycles. The smallest absolute Gasteiger partial charge is 0.270 e. The van der Waals surface area contributed by atoms with Crippen molar-refractivity contribution in [1.82, 2.24) is 5.32 Å². The van der Waals surface area contributed by atoms with Crippen LogP contribution >= 0.6 is 11.6 Å². The zero-order valence-electron chi connectivity index (χ0n) is 14.9. The number of nitrogens with zero attached hydrogens (tertiary/aromatic N) is 1. The minimum Gasteiger partial charge on any atom is -0.346 e. The number of carbonyl (C=O) groups is 1. The van der Waals surface area contributed by atoms with Crippen molar-refractivity contribution in [3.63, 3.8) is 0 Å². The highest BCUT2D eigenvalue weighted by Gasteiger charge is 2.23. The number of hydrogen-bond acceptors (Lipinski definition) is 3. The molecule has 6 nitrogen and oxygen atoms in total. The van der Waals surface area contributed by atoms with Gasteiger partial charge in [0.25, 0.3) is 11.6 Å². The van der Waals surface area contributed by atoms with Gasteiger partial charge in [-0.3, -0.25) is 14.9 Å². The van der Waals surface area contributed by atoms with Gasteiger partial charge in [0.2, 0.25) is 0 Å². The number of benzene rings is 2. The van der Waals surface area contributed by atoms with Crippen molar-refractivity contribution in [3.8, 4) is 0 Å². The molecule has 7 heteroatoms. The van der Waals surface area contributed by atoms with E-state index in [-0.39, 0.29) is 28.2 Å². The SMILES string of the molecule is CC[NH+](CC)[C@H](CNC(=O)c1ccc([N+](=O)[O-])cc1Cl)c1ccccc1. The summed E-state index contributed by atoms with van der Waals surface area (Å²) in [6.45, 7) is 6.55. The van der Waals surface area contributed by atoms with Crippen LogP contribution in [0.15, 0.2) is 48.5 Å². The van der Waals surface area contributed by atoms with Gasteiger partial charge in [-0.15, -0.1) is 0 Å². The first-order valence-electron chi connectivity index (χ1n) is 8.59. The average molecular weight is 377 g/mol. The molecule has 2 rings (SSSR count). The van der Waals surface area contributed by atoms with Gasteiger partial charge in [0.1, 0.15) is 6.04 Å². The molecular formula is C19H23ClN3O3+. The maximum Gasteiger partial charge on any atom is 0.270 e. The Hall–Kier alpha value is -2.44. The fraction of sp³-hybridized carbons (Fsp3) is 0.316. The number of halogens is 1. The number of carbonyl (C=O) groups excluding carboxylic acids is 1. The molecule has 138 valence electrons. The van der Waals surface area contributed by atoms with E-state index in [0.717, 1.165) is 18.7 Å². The van der Waals surface area contributed by atoms with Crippen molar-refractivity contribution in [3.05, 3.63) is 74.8 Å². The van der Waals surface area contributed by atoms with Gasteiger partial charge in [-0.1, -0.05) is 41.9 Å². The molecule has 2 aromatic carbocycles. The van der Waals surface area contributed by atoms with Crippen LogP contribution in [0.1, 0.15) is 35.8 Å². The topological polar surface area (TPSA) is 76.7 Å². The lowest BCUT2D eigenvalue weighted by atomic mass is 10.0. The molecule has 0 aliphatic rings. The second-order valence-electron chi connectivity index (χ2n) is 5.96. The third-order valence-corrected chi connectivity index (χ3v) is 4.79. The standard InChI is InChI=1S/C19H22ClN3O3/c1-3-22(4-2)18(14-8-6-5-7-9-14)13-21-19(24)16-11-10-15(23(25)26)12-17(16)20/h5-12,18H,3-4,13H2,1-2H3,(H,21,24)/p+1/t18-/m1/s1. The molecule has 0 aliphatic heterocycles. The van der Waals surface area contributed by atoms with E-state index in [1.54, 1.807) is 0 Å².